The maximum absolute atomic E-state index is 13.3. The number of hydrogen-bond acceptors (Lipinski definition) is 7. The fourth-order valence-corrected chi connectivity index (χ4v) is 5.36. The Morgan fingerprint density at radius 2 is 1.86 bits per heavy atom. The molecule has 0 aliphatic carbocycles. The summed E-state index contributed by atoms with van der Waals surface area (Å²) in [5.74, 6) is -0.591. The van der Waals surface area contributed by atoms with Crippen molar-refractivity contribution in [3.8, 4) is 0 Å². The number of sulfone groups is 1. The SMILES string of the molecule is CC1=C(/C(=N\N=C2/CCOC2)C(=O)N2CCOCC2)CS(=O)(=O)c2ccccc21. The number of rotatable bonds is 3. The van der Waals surface area contributed by atoms with Crippen LogP contribution in [-0.2, 0) is 24.1 Å². The predicted molar refractivity (Wildman–Crippen MR) is 109 cm³/mol. The van der Waals surface area contributed by atoms with Gasteiger partial charge in [0, 0.05) is 25.1 Å². The van der Waals surface area contributed by atoms with Crippen molar-refractivity contribution in [1.82, 2.24) is 4.90 Å². The van der Waals surface area contributed by atoms with Crippen molar-refractivity contribution < 1.29 is 22.7 Å². The Kier molecular flexibility index (Phi) is 5.62. The number of nitrogens with zero attached hydrogens (tertiary/aromatic N) is 3. The normalized spacial score (nSPS) is 23.4. The van der Waals surface area contributed by atoms with E-state index >= 15 is 0 Å². The molecule has 0 bridgehead atoms. The summed E-state index contributed by atoms with van der Waals surface area (Å²) in [5, 5.41) is 8.49. The van der Waals surface area contributed by atoms with E-state index in [0.29, 0.717) is 57.1 Å². The lowest BCUT2D eigenvalue weighted by atomic mass is 9.98. The van der Waals surface area contributed by atoms with Crippen molar-refractivity contribution in [3.63, 3.8) is 0 Å². The van der Waals surface area contributed by atoms with Gasteiger partial charge in [-0.3, -0.25) is 4.79 Å². The smallest absolute Gasteiger partial charge is 0.274 e. The lowest BCUT2D eigenvalue weighted by Gasteiger charge is -2.29. The van der Waals surface area contributed by atoms with Gasteiger partial charge >= 0.3 is 0 Å². The molecule has 0 aromatic heterocycles. The fourth-order valence-electron chi connectivity index (χ4n) is 3.63. The largest absolute Gasteiger partial charge is 0.378 e. The highest BCUT2D eigenvalue weighted by Crippen LogP contribution is 2.34. The van der Waals surface area contributed by atoms with Crippen LogP contribution in [0, 0.1) is 0 Å². The molecule has 3 heterocycles. The maximum atomic E-state index is 13.3. The van der Waals surface area contributed by atoms with Crippen LogP contribution in [-0.4, -0.2) is 75.9 Å². The fraction of sp³-hybridized carbons (Fsp3) is 0.450. The summed E-state index contributed by atoms with van der Waals surface area (Å²) >= 11 is 0. The highest BCUT2D eigenvalue weighted by atomic mass is 32.2. The van der Waals surface area contributed by atoms with Gasteiger partial charge in [-0.05, 0) is 24.1 Å². The number of amides is 1. The lowest BCUT2D eigenvalue weighted by molar-refractivity contribution is -0.127. The Balaban J connectivity index is 1.81. The second-order valence-electron chi connectivity index (χ2n) is 7.18. The Morgan fingerprint density at radius 1 is 1.10 bits per heavy atom. The second-order valence-corrected chi connectivity index (χ2v) is 9.14. The second kappa shape index (κ2) is 8.17. The van der Waals surface area contributed by atoms with E-state index in [4.69, 9.17) is 9.47 Å². The van der Waals surface area contributed by atoms with Crippen LogP contribution in [0.4, 0.5) is 0 Å². The van der Waals surface area contributed by atoms with Crippen molar-refractivity contribution in [1.29, 1.82) is 0 Å². The van der Waals surface area contributed by atoms with E-state index in [-0.39, 0.29) is 22.3 Å². The molecule has 2 saturated heterocycles. The molecular formula is C20H23N3O5S. The molecule has 3 aliphatic rings. The van der Waals surface area contributed by atoms with E-state index in [1.165, 1.54) is 0 Å². The van der Waals surface area contributed by atoms with Crippen LogP contribution in [0.3, 0.4) is 0 Å². The maximum Gasteiger partial charge on any atom is 0.274 e. The lowest BCUT2D eigenvalue weighted by Crippen LogP contribution is -2.45. The van der Waals surface area contributed by atoms with Crippen LogP contribution in [0.1, 0.15) is 18.9 Å². The molecule has 154 valence electrons. The van der Waals surface area contributed by atoms with Crippen molar-refractivity contribution in [2.24, 2.45) is 10.2 Å². The minimum Gasteiger partial charge on any atom is -0.378 e. The van der Waals surface area contributed by atoms with E-state index in [0.717, 1.165) is 11.3 Å². The molecule has 2 fully saturated rings. The quantitative estimate of drug-likeness (QED) is 0.546. The summed E-state index contributed by atoms with van der Waals surface area (Å²) in [6.07, 6.45) is 0.654. The van der Waals surface area contributed by atoms with Crippen molar-refractivity contribution in [2.45, 2.75) is 18.2 Å². The molecule has 0 spiro atoms. The van der Waals surface area contributed by atoms with Crippen LogP contribution in [0.15, 0.2) is 44.9 Å². The zero-order chi connectivity index (χ0) is 20.4. The molecule has 29 heavy (non-hydrogen) atoms. The first kappa shape index (κ1) is 19.9. The number of carbonyl (C=O) groups is 1. The molecule has 1 aromatic rings. The molecule has 0 atom stereocenters. The molecule has 3 aliphatic heterocycles. The zero-order valence-electron chi connectivity index (χ0n) is 16.3. The van der Waals surface area contributed by atoms with Crippen LogP contribution >= 0.6 is 0 Å². The minimum atomic E-state index is -3.58. The van der Waals surface area contributed by atoms with Crippen molar-refractivity contribution in [3.05, 3.63) is 35.4 Å². The van der Waals surface area contributed by atoms with Gasteiger partial charge in [-0.1, -0.05) is 18.2 Å². The Bertz CT molecular complexity index is 1010. The molecular weight excluding hydrogens is 394 g/mol. The Labute approximate surface area is 169 Å². The van der Waals surface area contributed by atoms with E-state index in [2.05, 4.69) is 10.2 Å². The van der Waals surface area contributed by atoms with E-state index in [1.54, 1.807) is 29.2 Å². The molecule has 8 nitrogen and oxygen atoms in total. The van der Waals surface area contributed by atoms with Gasteiger partial charge in [0.1, 0.15) is 0 Å². The number of carbonyl (C=O) groups excluding carboxylic acids is 1. The number of hydrogen-bond donors (Lipinski definition) is 0. The van der Waals surface area contributed by atoms with E-state index < -0.39 is 9.84 Å². The van der Waals surface area contributed by atoms with Crippen LogP contribution in [0.5, 0.6) is 0 Å². The van der Waals surface area contributed by atoms with Gasteiger partial charge in [0.05, 0.1) is 42.8 Å². The van der Waals surface area contributed by atoms with Crippen LogP contribution in [0.2, 0.25) is 0 Å². The summed E-state index contributed by atoms with van der Waals surface area (Å²) in [6, 6.07) is 6.85. The summed E-state index contributed by atoms with van der Waals surface area (Å²) in [4.78, 5) is 15.2. The zero-order valence-corrected chi connectivity index (χ0v) is 17.1. The number of fused-ring (bicyclic) bond motifs is 1. The average molecular weight is 417 g/mol. The molecule has 4 rings (SSSR count). The van der Waals surface area contributed by atoms with Gasteiger partial charge in [-0.25, -0.2) is 8.42 Å². The summed E-state index contributed by atoms with van der Waals surface area (Å²) in [7, 11) is -3.58. The number of allylic oxidation sites excluding steroid dienone is 1. The number of ether oxygens (including phenoxy) is 2. The van der Waals surface area contributed by atoms with Crippen molar-refractivity contribution >= 4 is 32.7 Å². The molecule has 1 amide bonds. The summed E-state index contributed by atoms with van der Waals surface area (Å²) in [5.41, 5.74) is 2.58. The molecule has 0 N–H and O–H groups in total. The first-order valence-corrected chi connectivity index (χ1v) is 11.2. The highest BCUT2D eigenvalue weighted by Gasteiger charge is 2.34. The molecule has 9 heteroatoms. The first-order chi connectivity index (χ1) is 14.0. The third-order valence-corrected chi connectivity index (χ3v) is 6.99. The number of benzene rings is 1. The van der Waals surface area contributed by atoms with Crippen LogP contribution in [0.25, 0.3) is 5.57 Å². The average Bonchev–Trinajstić information content (AvgIpc) is 3.26. The molecule has 0 unspecified atom stereocenters. The third-order valence-electron chi connectivity index (χ3n) is 5.29. The standard InChI is InChI=1S/C20H23N3O5S/c1-14-16-4-2-3-5-18(16)29(25,26)13-17(14)19(22-21-15-6-9-28-12-15)20(24)23-7-10-27-11-8-23/h2-5H,6-13H2,1H3/b21-15+,22-19+. The van der Waals surface area contributed by atoms with Gasteiger partial charge in [-0.2, -0.15) is 5.10 Å². The third kappa shape index (κ3) is 4.03. The van der Waals surface area contributed by atoms with E-state index in [9.17, 15) is 13.2 Å². The van der Waals surface area contributed by atoms with Gasteiger partial charge in [0.25, 0.3) is 5.91 Å². The monoisotopic (exact) mass is 417 g/mol. The topological polar surface area (TPSA) is 97.6 Å². The van der Waals surface area contributed by atoms with Crippen molar-refractivity contribution in [2.75, 3.05) is 45.3 Å². The molecule has 0 radical (unpaired) electrons. The highest BCUT2D eigenvalue weighted by molar-refractivity contribution is 7.91. The Hall–Kier alpha value is -2.36. The predicted octanol–water partition coefficient (Wildman–Crippen LogP) is 1.32. The van der Waals surface area contributed by atoms with Gasteiger partial charge in [0.2, 0.25) is 0 Å². The minimum absolute atomic E-state index is 0.0851. The van der Waals surface area contributed by atoms with E-state index in [1.807, 2.05) is 6.92 Å². The van der Waals surface area contributed by atoms with Crippen LogP contribution < -0.4 is 0 Å². The Morgan fingerprint density at radius 3 is 2.59 bits per heavy atom. The summed E-state index contributed by atoms with van der Waals surface area (Å²) < 4.78 is 36.4. The molecule has 0 saturated carbocycles. The van der Waals surface area contributed by atoms with Gasteiger partial charge < -0.3 is 14.4 Å². The van der Waals surface area contributed by atoms with Gasteiger partial charge in [0.15, 0.2) is 15.5 Å². The molecule has 1 aromatic carbocycles. The number of morpholine rings is 1. The summed E-state index contributed by atoms with van der Waals surface area (Å²) in [6.45, 7) is 4.55. The van der Waals surface area contributed by atoms with Gasteiger partial charge in [-0.15, -0.1) is 5.10 Å². The first-order valence-electron chi connectivity index (χ1n) is 9.58.